The van der Waals surface area contributed by atoms with Gasteiger partial charge in [0, 0.05) is 25.4 Å². The topological polar surface area (TPSA) is 108 Å². The van der Waals surface area contributed by atoms with Crippen molar-refractivity contribution >= 4 is 39.3 Å². The quantitative estimate of drug-likeness (QED) is 0.433. The molecular weight excluding hydrogens is 471 g/mol. The summed E-state index contributed by atoms with van der Waals surface area (Å²) in [5.74, 6) is -1.67. The number of amides is 2. The number of sulfonamides is 1. The molecule has 10 heteroatoms. The Balaban J connectivity index is 1.71. The molecule has 0 radical (unpaired) electrons. The van der Waals surface area contributed by atoms with Crippen molar-refractivity contribution in [2.45, 2.75) is 18.7 Å². The second kappa shape index (κ2) is 11.5. The zero-order valence-electron chi connectivity index (χ0n) is 19.2. The van der Waals surface area contributed by atoms with Crippen molar-refractivity contribution in [3.05, 3.63) is 90.0 Å². The Bertz CT molecular complexity index is 1320. The zero-order valence-corrected chi connectivity index (χ0v) is 20.0. The van der Waals surface area contributed by atoms with Crippen molar-refractivity contribution in [2.24, 2.45) is 0 Å². The second-order valence-corrected chi connectivity index (χ2v) is 9.28. The van der Waals surface area contributed by atoms with E-state index in [2.05, 4.69) is 15.6 Å². The Morgan fingerprint density at radius 3 is 2.31 bits per heavy atom. The van der Waals surface area contributed by atoms with Crippen LogP contribution in [0.15, 0.2) is 77.8 Å². The molecule has 0 bridgehead atoms. The van der Waals surface area contributed by atoms with Crippen LogP contribution in [-0.2, 0) is 14.8 Å². The molecule has 0 atom stereocenters. The van der Waals surface area contributed by atoms with E-state index in [0.717, 1.165) is 12.1 Å². The van der Waals surface area contributed by atoms with Crippen molar-refractivity contribution < 1.29 is 22.4 Å². The highest BCUT2D eigenvalue weighted by atomic mass is 32.2. The molecule has 0 aliphatic rings. The van der Waals surface area contributed by atoms with Crippen molar-refractivity contribution in [3.8, 4) is 0 Å². The summed E-state index contributed by atoms with van der Waals surface area (Å²) in [5, 5.41) is 5.15. The SMILES string of the molecule is CCN(CC)S(=O)(=O)c1ccc(/C=C/C(=O)Nc2cc(F)ccc2NC(=O)c2ccccn2)cc1. The molecule has 0 saturated heterocycles. The summed E-state index contributed by atoms with van der Waals surface area (Å²) < 4.78 is 40.3. The number of hydrogen-bond acceptors (Lipinski definition) is 5. The number of aromatic nitrogens is 1. The number of benzene rings is 2. The summed E-state index contributed by atoms with van der Waals surface area (Å²) >= 11 is 0. The van der Waals surface area contributed by atoms with Gasteiger partial charge in [0.05, 0.1) is 16.3 Å². The van der Waals surface area contributed by atoms with Crippen LogP contribution in [-0.4, -0.2) is 42.6 Å². The molecule has 2 aromatic carbocycles. The van der Waals surface area contributed by atoms with E-state index in [1.807, 2.05) is 0 Å². The predicted octanol–water partition coefficient (Wildman–Crippen LogP) is 4.16. The Morgan fingerprint density at radius 1 is 0.971 bits per heavy atom. The Labute approximate surface area is 203 Å². The molecule has 0 spiro atoms. The highest BCUT2D eigenvalue weighted by molar-refractivity contribution is 7.89. The first-order valence-electron chi connectivity index (χ1n) is 10.9. The molecule has 0 aliphatic carbocycles. The minimum Gasteiger partial charge on any atom is -0.321 e. The van der Waals surface area contributed by atoms with Gasteiger partial charge in [-0.2, -0.15) is 4.31 Å². The van der Waals surface area contributed by atoms with Gasteiger partial charge < -0.3 is 10.6 Å². The van der Waals surface area contributed by atoms with Crippen LogP contribution in [0, 0.1) is 5.82 Å². The zero-order chi connectivity index (χ0) is 25.4. The first kappa shape index (κ1) is 25.7. The number of hydrogen-bond donors (Lipinski definition) is 2. The van der Waals surface area contributed by atoms with Gasteiger partial charge in [-0.05, 0) is 54.1 Å². The van der Waals surface area contributed by atoms with Gasteiger partial charge in [-0.3, -0.25) is 14.6 Å². The van der Waals surface area contributed by atoms with Crippen LogP contribution < -0.4 is 10.6 Å². The number of halogens is 1. The predicted molar refractivity (Wildman–Crippen MR) is 133 cm³/mol. The number of rotatable bonds is 9. The summed E-state index contributed by atoms with van der Waals surface area (Å²) in [6.45, 7) is 4.27. The second-order valence-electron chi connectivity index (χ2n) is 7.34. The average molecular weight is 497 g/mol. The van der Waals surface area contributed by atoms with E-state index in [9.17, 15) is 22.4 Å². The highest BCUT2D eigenvalue weighted by Gasteiger charge is 2.21. The van der Waals surface area contributed by atoms with Crippen molar-refractivity contribution in [2.75, 3.05) is 23.7 Å². The van der Waals surface area contributed by atoms with Crippen LogP contribution in [0.25, 0.3) is 6.08 Å². The fourth-order valence-corrected chi connectivity index (χ4v) is 4.68. The summed E-state index contributed by atoms with van der Waals surface area (Å²) in [4.78, 5) is 29.0. The highest BCUT2D eigenvalue weighted by Crippen LogP contribution is 2.24. The van der Waals surface area contributed by atoms with E-state index in [4.69, 9.17) is 0 Å². The third kappa shape index (κ3) is 6.58. The average Bonchev–Trinajstić information content (AvgIpc) is 2.85. The smallest absolute Gasteiger partial charge is 0.274 e. The fraction of sp³-hybridized carbons (Fsp3) is 0.160. The molecule has 35 heavy (non-hydrogen) atoms. The van der Waals surface area contributed by atoms with Gasteiger partial charge >= 0.3 is 0 Å². The molecule has 0 unspecified atom stereocenters. The van der Waals surface area contributed by atoms with Crippen LogP contribution in [0.4, 0.5) is 15.8 Å². The number of nitrogens with zero attached hydrogens (tertiary/aromatic N) is 2. The van der Waals surface area contributed by atoms with Crippen molar-refractivity contribution in [3.63, 3.8) is 0 Å². The summed E-state index contributed by atoms with van der Waals surface area (Å²) in [6, 6.07) is 14.6. The van der Waals surface area contributed by atoms with E-state index >= 15 is 0 Å². The molecule has 8 nitrogen and oxygen atoms in total. The van der Waals surface area contributed by atoms with Gasteiger partial charge in [-0.15, -0.1) is 0 Å². The largest absolute Gasteiger partial charge is 0.321 e. The molecule has 0 saturated carbocycles. The van der Waals surface area contributed by atoms with Gasteiger partial charge in [0.2, 0.25) is 15.9 Å². The molecule has 182 valence electrons. The van der Waals surface area contributed by atoms with Gasteiger partial charge in [0.25, 0.3) is 5.91 Å². The van der Waals surface area contributed by atoms with E-state index < -0.39 is 27.7 Å². The summed E-state index contributed by atoms with van der Waals surface area (Å²) in [7, 11) is -3.57. The van der Waals surface area contributed by atoms with E-state index in [1.54, 1.807) is 38.1 Å². The van der Waals surface area contributed by atoms with Crippen molar-refractivity contribution in [1.29, 1.82) is 0 Å². The molecule has 1 aromatic heterocycles. The molecule has 2 amide bonds. The standard InChI is InChI=1S/C25H25FN4O4S/c1-3-30(4-2)35(33,34)20-12-8-18(9-13-20)10-15-24(31)28-23-17-19(26)11-14-21(23)29-25(32)22-7-5-6-16-27-22/h5-17H,3-4H2,1-2H3,(H,28,31)(H,29,32)/b15-10+. The Kier molecular flexibility index (Phi) is 8.45. The van der Waals surface area contributed by atoms with Crippen LogP contribution in [0.1, 0.15) is 29.9 Å². The molecule has 2 N–H and O–H groups in total. The van der Waals surface area contributed by atoms with Gasteiger partial charge in [-0.1, -0.05) is 32.0 Å². The minimum absolute atomic E-state index is 0.0737. The molecular formula is C25H25FN4O4S. The molecule has 0 fully saturated rings. The molecule has 3 rings (SSSR count). The van der Waals surface area contributed by atoms with Gasteiger partial charge in [0.15, 0.2) is 0 Å². The fourth-order valence-electron chi connectivity index (χ4n) is 3.22. The Hall–Kier alpha value is -3.89. The first-order valence-corrected chi connectivity index (χ1v) is 12.3. The maximum absolute atomic E-state index is 13.8. The third-order valence-electron chi connectivity index (χ3n) is 5.04. The maximum Gasteiger partial charge on any atom is 0.274 e. The monoisotopic (exact) mass is 496 g/mol. The molecule has 1 heterocycles. The van der Waals surface area contributed by atoms with E-state index in [1.165, 1.54) is 46.9 Å². The lowest BCUT2D eigenvalue weighted by Gasteiger charge is -2.18. The lowest BCUT2D eigenvalue weighted by Crippen LogP contribution is -2.30. The van der Waals surface area contributed by atoms with Crippen LogP contribution in [0.2, 0.25) is 0 Å². The third-order valence-corrected chi connectivity index (χ3v) is 7.10. The van der Waals surface area contributed by atoms with Crippen LogP contribution >= 0.6 is 0 Å². The maximum atomic E-state index is 13.8. The van der Waals surface area contributed by atoms with Crippen LogP contribution in [0.3, 0.4) is 0 Å². The Morgan fingerprint density at radius 2 is 1.69 bits per heavy atom. The lowest BCUT2D eigenvalue weighted by molar-refractivity contribution is -0.111. The summed E-state index contributed by atoms with van der Waals surface area (Å²) in [6.07, 6.45) is 4.19. The summed E-state index contributed by atoms with van der Waals surface area (Å²) in [5.41, 5.74) is 1.04. The molecule has 3 aromatic rings. The molecule has 0 aliphatic heterocycles. The van der Waals surface area contributed by atoms with Gasteiger partial charge in [-0.25, -0.2) is 12.8 Å². The lowest BCUT2D eigenvalue weighted by atomic mass is 10.2. The van der Waals surface area contributed by atoms with Crippen molar-refractivity contribution in [1.82, 2.24) is 9.29 Å². The van der Waals surface area contributed by atoms with E-state index in [0.29, 0.717) is 18.7 Å². The minimum atomic E-state index is -3.57. The normalized spacial score (nSPS) is 11.5. The number of carbonyl (C=O) groups excluding carboxylic acids is 2. The number of anilines is 2. The number of carbonyl (C=O) groups is 2. The van der Waals surface area contributed by atoms with Gasteiger partial charge in [0.1, 0.15) is 11.5 Å². The van der Waals surface area contributed by atoms with E-state index in [-0.39, 0.29) is 22.0 Å². The number of nitrogens with one attached hydrogen (secondary N) is 2. The number of pyridine rings is 1. The first-order chi connectivity index (χ1) is 16.7. The van der Waals surface area contributed by atoms with Crippen LogP contribution in [0.5, 0.6) is 0 Å².